The van der Waals surface area contributed by atoms with Gasteiger partial charge in [-0.2, -0.15) is 0 Å². The fourth-order valence-corrected chi connectivity index (χ4v) is 4.53. The smallest absolute Gasteiger partial charge is 0.238 e. The van der Waals surface area contributed by atoms with E-state index >= 15 is 0 Å². The lowest BCUT2D eigenvalue weighted by Crippen LogP contribution is -2.44. The van der Waals surface area contributed by atoms with Crippen LogP contribution in [0.5, 0.6) is 11.5 Å². The Morgan fingerprint density at radius 1 is 1.00 bits per heavy atom. The number of amidine groups is 1. The van der Waals surface area contributed by atoms with Gasteiger partial charge in [0, 0.05) is 12.1 Å². The predicted octanol–water partition coefficient (Wildman–Crippen LogP) is 5.00. The monoisotopic (exact) mass is 493 g/mol. The number of benzene rings is 3. The van der Waals surface area contributed by atoms with Gasteiger partial charge in [0.1, 0.15) is 22.6 Å². The molecule has 0 aromatic heterocycles. The van der Waals surface area contributed by atoms with Crippen molar-refractivity contribution in [3.63, 3.8) is 0 Å². The van der Waals surface area contributed by atoms with Gasteiger partial charge in [0.25, 0.3) is 0 Å². The molecular weight excluding hydrogens is 469 g/mol. The average molecular weight is 494 g/mol. The van der Waals surface area contributed by atoms with Crippen LogP contribution in [0, 0.1) is 5.82 Å². The number of thioether (sulfide) groups is 1. The summed E-state index contributed by atoms with van der Waals surface area (Å²) >= 11 is 1.20. The molecule has 0 unspecified atom stereocenters. The van der Waals surface area contributed by atoms with Gasteiger partial charge in [-0.25, -0.2) is 9.38 Å². The van der Waals surface area contributed by atoms with E-state index in [2.05, 4.69) is 10.3 Å². The molecule has 0 radical (unpaired) electrons. The zero-order valence-corrected chi connectivity index (χ0v) is 20.0. The lowest BCUT2D eigenvalue weighted by atomic mass is 10.2. The Morgan fingerprint density at radius 3 is 2.20 bits per heavy atom. The normalized spacial score (nSPS) is 16.8. The van der Waals surface area contributed by atoms with Crippen molar-refractivity contribution in [2.75, 3.05) is 19.5 Å². The van der Waals surface area contributed by atoms with E-state index in [1.807, 2.05) is 24.3 Å². The maximum atomic E-state index is 13.4. The van der Waals surface area contributed by atoms with Gasteiger partial charge in [-0.05, 0) is 66.2 Å². The van der Waals surface area contributed by atoms with Crippen molar-refractivity contribution < 1.29 is 23.5 Å². The standard InChI is InChI=1S/C26H24FN3O4S/c1-33-21-11-3-17(4-12-21)16-30-24(31)15-23(25(32)28-19-9-13-22(34-2)14-10-19)35-26(30)29-20-7-5-18(27)6-8-20/h3-14,23H,15-16H2,1-2H3,(H,28,32)/t23-/m1/s1. The lowest BCUT2D eigenvalue weighted by Gasteiger charge is -2.32. The number of halogens is 1. The average Bonchev–Trinajstić information content (AvgIpc) is 2.88. The van der Waals surface area contributed by atoms with Crippen LogP contribution in [-0.4, -0.2) is 41.4 Å². The molecule has 3 aromatic carbocycles. The summed E-state index contributed by atoms with van der Waals surface area (Å²) in [6.45, 7) is 0.280. The highest BCUT2D eigenvalue weighted by Crippen LogP contribution is 2.31. The molecule has 1 aliphatic rings. The molecule has 2 amide bonds. The van der Waals surface area contributed by atoms with Gasteiger partial charge in [0.2, 0.25) is 11.8 Å². The lowest BCUT2D eigenvalue weighted by molar-refractivity contribution is -0.129. The third-order valence-corrected chi connectivity index (χ3v) is 6.53. The number of carbonyl (C=O) groups excluding carboxylic acids is 2. The zero-order chi connectivity index (χ0) is 24.8. The number of aliphatic imine (C=N–C) groups is 1. The van der Waals surface area contributed by atoms with Crippen LogP contribution < -0.4 is 14.8 Å². The largest absolute Gasteiger partial charge is 0.497 e. The van der Waals surface area contributed by atoms with Crippen molar-refractivity contribution in [1.29, 1.82) is 0 Å². The zero-order valence-electron chi connectivity index (χ0n) is 19.2. The molecule has 1 atom stereocenters. The number of rotatable bonds is 7. The van der Waals surface area contributed by atoms with E-state index in [0.717, 1.165) is 5.56 Å². The summed E-state index contributed by atoms with van der Waals surface area (Å²) in [6.07, 6.45) is 0.0191. The van der Waals surface area contributed by atoms with E-state index < -0.39 is 5.25 Å². The predicted molar refractivity (Wildman–Crippen MR) is 135 cm³/mol. The Bertz CT molecular complexity index is 1210. The van der Waals surface area contributed by atoms with Gasteiger partial charge in [0.05, 0.1) is 26.5 Å². The van der Waals surface area contributed by atoms with Crippen LogP contribution in [0.15, 0.2) is 77.8 Å². The first kappa shape index (κ1) is 24.3. The summed E-state index contributed by atoms with van der Waals surface area (Å²) in [5, 5.41) is 2.55. The minimum atomic E-state index is -0.670. The van der Waals surface area contributed by atoms with E-state index in [9.17, 15) is 14.0 Å². The fourth-order valence-electron chi connectivity index (χ4n) is 3.43. The van der Waals surface area contributed by atoms with E-state index in [-0.39, 0.29) is 30.6 Å². The Kier molecular flexibility index (Phi) is 7.67. The van der Waals surface area contributed by atoms with Gasteiger partial charge in [0.15, 0.2) is 5.17 Å². The highest BCUT2D eigenvalue weighted by molar-refractivity contribution is 8.15. The molecule has 7 nitrogen and oxygen atoms in total. The number of hydrogen-bond acceptors (Lipinski definition) is 6. The summed E-state index contributed by atoms with van der Waals surface area (Å²) in [6, 6.07) is 20.0. The first-order valence-electron chi connectivity index (χ1n) is 10.8. The van der Waals surface area contributed by atoms with E-state index in [1.165, 1.54) is 36.0 Å². The molecule has 35 heavy (non-hydrogen) atoms. The molecule has 1 saturated heterocycles. The van der Waals surface area contributed by atoms with Crippen LogP contribution in [-0.2, 0) is 16.1 Å². The number of ether oxygens (including phenoxy) is 2. The Morgan fingerprint density at radius 2 is 1.60 bits per heavy atom. The number of methoxy groups -OCH3 is 2. The Hall–Kier alpha value is -3.85. The molecule has 0 saturated carbocycles. The topological polar surface area (TPSA) is 80.2 Å². The van der Waals surface area contributed by atoms with Crippen molar-refractivity contribution >= 4 is 40.1 Å². The summed E-state index contributed by atoms with van der Waals surface area (Å²) in [5.41, 5.74) is 1.96. The number of hydrogen-bond donors (Lipinski definition) is 1. The molecule has 1 heterocycles. The molecule has 4 rings (SSSR count). The minimum absolute atomic E-state index is 0.0191. The second kappa shape index (κ2) is 11.1. The van der Waals surface area contributed by atoms with Crippen molar-refractivity contribution in [3.05, 3.63) is 84.2 Å². The van der Waals surface area contributed by atoms with E-state index in [0.29, 0.717) is 28.0 Å². The summed E-state index contributed by atoms with van der Waals surface area (Å²) in [7, 11) is 3.15. The van der Waals surface area contributed by atoms with Crippen LogP contribution in [0.2, 0.25) is 0 Å². The third-order valence-electron chi connectivity index (χ3n) is 5.34. The molecule has 3 aromatic rings. The van der Waals surface area contributed by atoms with Crippen LogP contribution in [0.25, 0.3) is 0 Å². The van der Waals surface area contributed by atoms with Gasteiger partial charge in [-0.1, -0.05) is 23.9 Å². The quantitative estimate of drug-likeness (QED) is 0.501. The molecule has 180 valence electrons. The van der Waals surface area contributed by atoms with Crippen LogP contribution in [0.3, 0.4) is 0 Å². The van der Waals surface area contributed by atoms with Crippen molar-refractivity contribution in [2.45, 2.75) is 18.2 Å². The van der Waals surface area contributed by atoms with Crippen molar-refractivity contribution in [1.82, 2.24) is 4.90 Å². The third kappa shape index (κ3) is 6.19. The first-order chi connectivity index (χ1) is 16.9. The number of nitrogens with zero attached hydrogens (tertiary/aromatic N) is 2. The maximum Gasteiger partial charge on any atom is 0.238 e. The summed E-state index contributed by atoms with van der Waals surface area (Å²) < 4.78 is 23.7. The van der Waals surface area contributed by atoms with Crippen LogP contribution in [0.1, 0.15) is 12.0 Å². The second-order valence-corrected chi connectivity index (χ2v) is 8.90. The van der Waals surface area contributed by atoms with Gasteiger partial charge in [-0.15, -0.1) is 0 Å². The first-order valence-corrected chi connectivity index (χ1v) is 11.7. The Balaban J connectivity index is 1.57. The van der Waals surface area contributed by atoms with Gasteiger partial charge in [-0.3, -0.25) is 14.5 Å². The second-order valence-electron chi connectivity index (χ2n) is 7.73. The molecule has 0 aliphatic carbocycles. The maximum absolute atomic E-state index is 13.4. The number of amides is 2. The van der Waals surface area contributed by atoms with E-state index in [4.69, 9.17) is 9.47 Å². The molecule has 1 fully saturated rings. The SMILES string of the molecule is COc1ccc(CN2C(=O)C[C@H](C(=O)Nc3ccc(OC)cc3)SC2=Nc2ccc(F)cc2)cc1. The van der Waals surface area contributed by atoms with Gasteiger partial charge >= 0.3 is 0 Å². The van der Waals surface area contributed by atoms with E-state index in [1.54, 1.807) is 43.4 Å². The molecule has 1 N–H and O–H groups in total. The van der Waals surface area contributed by atoms with Crippen LogP contribution >= 0.6 is 11.8 Å². The highest BCUT2D eigenvalue weighted by atomic mass is 32.2. The fraction of sp³-hybridized carbons (Fsp3) is 0.192. The van der Waals surface area contributed by atoms with Gasteiger partial charge < -0.3 is 14.8 Å². The number of carbonyl (C=O) groups is 2. The molecule has 9 heteroatoms. The molecule has 0 bridgehead atoms. The molecule has 0 spiro atoms. The summed E-state index contributed by atoms with van der Waals surface area (Å²) in [5.74, 6) is 0.476. The summed E-state index contributed by atoms with van der Waals surface area (Å²) in [4.78, 5) is 32.3. The Labute approximate surface area is 207 Å². The number of anilines is 1. The van der Waals surface area contributed by atoms with Crippen molar-refractivity contribution in [3.8, 4) is 11.5 Å². The molecular formula is C26H24FN3O4S. The highest BCUT2D eigenvalue weighted by Gasteiger charge is 2.36. The van der Waals surface area contributed by atoms with Crippen LogP contribution in [0.4, 0.5) is 15.8 Å². The molecule has 1 aliphatic heterocycles. The minimum Gasteiger partial charge on any atom is -0.497 e. The van der Waals surface area contributed by atoms with Crippen molar-refractivity contribution in [2.24, 2.45) is 4.99 Å². The number of nitrogens with one attached hydrogen (secondary N) is 1.